The number of aryl methyl sites for hydroxylation is 1. The molecule has 0 unspecified atom stereocenters. The topological polar surface area (TPSA) is 69.6 Å². The number of aliphatic hydroxyl groups is 1. The highest BCUT2D eigenvalue weighted by molar-refractivity contribution is 5.73. The molecule has 0 bridgehead atoms. The second kappa shape index (κ2) is 6.98. The lowest BCUT2D eigenvalue weighted by Crippen LogP contribution is -2.40. The van der Waals surface area contributed by atoms with Crippen molar-refractivity contribution in [3.8, 4) is 0 Å². The van der Waals surface area contributed by atoms with Gasteiger partial charge in [-0.05, 0) is 24.9 Å². The lowest BCUT2D eigenvalue weighted by molar-refractivity contribution is -0.140. The Labute approximate surface area is 94.9 Å². The van der Waals surface area contributed by atoms with Gasteiger partial charge in [0.1, 0.15) is 6.04 Å². The Kier molecular flexibility index (Phi) is 5.53. The number of hydrogen-bond acceptors (Lipinski definition) is 3. The Morgan fingerprint density at radius 3 is 2.56 bits per heavy atom. The molecule has 0 saturated heterocycles. The molecule has 4 heteroatoms. The predicted octanol–water partition coefficient (Wildman–Crippen LogP) is 0.654. The number of carbonyl (C=O) groups is 1. The average Bonchev–Trinajstić information content (AvgIpc) is 2.30. The van der Waals surface area contributed by atoms with E-state index in [1.54, 1.807) is 0 Å². The van der Waals surface area contributed by atoms with Gasteiger partial charge in [0, 0.05) is 0 Å². The smallest absolute Gasteiger partial charge is 0.323 e. The Hall–Kier alpha value is -1.39. The van der Waals surface area contributed by atoms with Crippen LogP contribution in [0.3, 0.4) is 0 Å². The fourth-order valence-corrected chi connectivity index (χ4v) is 1.44. The van der Waals surface area contributed by atoms with Gasteiger partial charge in [-0.25, -0.2) is 0 Å². The van der Waals surface area contributed by atoms with Crippen LogP contribution in [0.1, 0.15) is 12.0 Å². The highest BCUT2D eigenvalue weighted by Crippen LogP contribution is 2.01. The summed E-state index contributed by atoms with van der Waals surface area (Å²) in [5, 5.41) is 20.2. The minimum atomic E-state index is -1.01. The second-order valence-electron chi connectivity index (χ2n) is 3.62. The zero-order valence-electron chi connectivity index (χ0n) is 9.10. The summed E-state index contributed by atoms with van der Waals surface area (Å²) in [5.74, 6) is -1.01. The SMILES string of the molecule is O=C(O)[C@H](CO)NCCCc1ccccc1. The molecule has 0 aliphatic rings. The summed E-state index contributed by atoms with van der Waals surface area (Å²) in [6.07, 6.45) is 1.76. The highest BCUT2D eigenvalue weighted by Gasteiger charge is 2.13. The van der Waals surface area contributed by atoms with Gasteiger partial charge in [-0.3, -0.25) is 4.79 Å². The number of aliphatic hydroxyl groups excluding tert-OH is 1. The number of rotatable bonds is 7. The minimum Gasteiger partial charge on any atom is -0.480 e. The van der Waals surface area contributed by atoms with Crippen LogP contribution >= 0.6 is 0 Å². The monoisotopic (exact) mass is 223 g/mol. The van der Waals surface area contributed by atoms with Gasteiger partial charge in [-0.2, -0.15) is 0 Å². The van der Waals surface area contributed by atoms with Crippen molar-refractivity contribution in [2.24, 2.45) is 0 Å². The van der Waals surface area contributed by atoms with Crippen molar-refractivity contribution < 1.29 is 15.0 Å². The van der Waals surface area contributed by atoms with Crippen molar-refractivity contribution in [2.45, 2.75) is 18.9 Å². The molecule has 0 heterocycles. The Balaban J connectivity index is 2.19. The van der Waals surface area contributed by atoms with Crippen LogP contribution in [0, 0.1) is 0 Å². The first kappa shape index (κ1) is 12.7. The van der Waals surface area contributed by atoms with Crippen LogP contribution in [0.2, 0.25) is 0 Å². The summed E-state index contributed by atoms with van der Waals surface area (Å²) < 4.78 is 0. The van der Waals surface area contributed by atoms with Crippen molar-refractivity contribution in [2.75, 3.05) is 13.2 Å². The zero-order valence-corrected chi connectivity index (χ0v) is 9.10. The van der Waals surface area contributed by atoms with Crippen LogP contribution < -0.4 is 5.32 Å². The van der Waals surface area contributed by atoms with Crippen molar-refractivity contribution in [1.29, 1.82) is 0 Å². The summed E-state index contributed by atoms with van der Waals surface area (Å²) in [5.41, 5.74) is 1.24. The first-order chi connectivity index (χ1) is 7.74. The van der Waals surface area contributed by atoms with E-state index in [1.165, 1.54) is 5.56 Å². The molecule has 0 amide bonds. The molecule has 1 aromatic rings. The van der Waals surface area contributed by atoms with Gasteiger partial charge in [0.15, 0.2) is 0 Å². The fraction of sp³-hybridized carbons (Fsp3) is 0.417. The summed E-state index contributed by atoms with van der Waals surface area (Å²) in [4.78, 5) is 10.6. The largest absolute Gasteiger partial charge is 0.480 e. The number of carboxylic acids is 1. The molecule has 3 N–H and O–H groups in total. The lowest BCUT2D eigenvalue weighted by atomic mass is 10.1. The van der Waals surface area contributed by atoms with Crippen molar-refractivity contribution >= 4 is 5.97 Å². The zero-order chi connectivity index (χ0) is 11.8. The van der Waals surface area contributed by atoms with Crippen LogP contribution in [-0.2, 0) is 11.2 Å². The molecule has 1 aromatic carbocycles. The van der Waals surface area contributed by atoms with Gasteiger partial charge in [-0.1, -0.05) is 30.3 Å². The van der Waals surface area contributed by atoms with Gasteiger partial charge >= 0.3 is 5.97 Å². The molecule has 0 aromatic heterocycles. The van der Waals surface area contributed by atoms with Crippen LogP contribution in [0.15, 0.2) is 30.3 Å². The van der Waals surface area contributed by atoms with Crippen molar-refractivity contribution in [3.05, 3.63) is 35.9 Å². The molecule has 0 aliphatic heterocycles. The molecule has 0 fully saturated rings. The third-order valence-corrected chi connectivity index (χ3v) is 2.36. The van der Waals surface area contributed by atoms with E-state index in [-0.39, 0.29) is 6.61 Å². The van der Waals surface area contributed by atoms with E-state index < -0.39 is 12.0 Å². The lowest BCUT2D eigenvalue weighted by Gasteiger charge is -2.10. The molecule has 0 saturated carbocycles. The van der Waals surface area contributed by atoms with Crippen LogP contribution in [0.4, 0.5) is 0 Å². The second-order valence-corrected chi connectivity index (χ2v) is 3.62. The van der Waals surface area contributed by atoms with E-state index in [1.807, 2.05) is 30.3 Å². The number of hydrogen-bond donors (Lipinski definition) is 3. The number of aliphatic carboxylic acids is 1. The first-order valence-electron chi connectivity index (χ1n) is 5.35. The molecule has 0 radical (unpaired) electrons. The van der Waals surface area contributed by atoms with E-state index in [4.69, 9.17) is 10.2 Å². The van der Waals surface area contributed by atoms with Crippen LogP contribution in [0.5, 0.6) is 0 Å². The van der Waals surface area contributed by atoms with Crippen molar-refractivity contribution in [1.82, 2.24) is 5.32 Å². The fourth-order valence-electron chi connectivity index (χ4n) is 1.44. The molecule has 0 aliphatic carbocycles. The molecular weight excluding hydrogens is 206 g/mol. The van der Waals surface area contributed by atoms with Gasteiger partial charge in [0.05, 0.1) is 6.61 Å². The Bertz CT molecular complexity index is 313. The third-order valence-electron chi connectivity index (χ3n) is 2.36. The average molecular weight is 223 g/mol. The molecule has 1 rings (SSSR count). The van der Waals surface area contributed by atoms with Crippen LogP contribution in [0.25, 0.3) is 0 Å². The highest BCUT2D eigenvalue weighted by atomic mass is 16.4. The molecule has 0 spiro atoms. The van der Waals surface area contributed by atoms with Gasteiger partial charge in [0.25, 0.3) is 0 Å². The van der Waals surface area contributed by atoms with E-state index >= 15 is 0 Å². The van der Waals surface area contributed by atoms with E-state index in [0.29, 0.717) is 6.54 Å². The van der Waals surface area contributed by atoms with Gasteiger partial charge in [0.2, 0.25) is 0 Å². The number of carboxylic acid groups (broad SMARTS) is 1. The maximum Gasteiger partial charge on any atom is 0.323 e. The quantitative estimate of drug-likeness (QED) is 0.594. The molecule has 1 atom stereocenters. The molecule has 16 heavy (non-hydrogen) atoms. The number of benzene rings is 1. The maximum absolute atomic E-state index is 10.6. The summed E-state index contributed by atoms with van der Waals surface area (Å²) >= 11 is 0. The summed E-state index contributed by atoms with van der Waals surface area (Å²) in [6.45, 7) is 0.215. The predicted molar refractivity (Wildman–Crippen MR) is 61.3 cm³/mol. The number of nitrogens with one attached hydrogen (secondary N) is 1. The van der Waals surface area contributed by atoms with Crippen molar-refractivity contribution in [3.63, 3.8) is 0 Å². The summed E-state index contributed by atoms with van der Waals surface area (Å²) in [7, 11) is 0. The maximum atomic E-state index is 10.6. The van der Waals surface area contributed by atoms with E-state index in [2.05, 4.69) is 5.32 Å². The van der Waals surface area contributed by atoms with Gasteiger partial charge in [-0.15, -0.1) is 0 Å². The normalized spacial score (nSPS) is 12.3. The Morgan fingerprint density at radius 2 is 2.00 bits per heavy atom. The summed E-state index contributed by atoms with van der Waals surface area (Å²) in [6, 6.07) is 9.17. The molecule has 88 valence electrons. The van der Waals surface area contributed by atoms with Gasteiger partial charge < -0.3 is 15.5 Å². The Morgan fingerprint density at radius 1 is 1.31 bits per heavy atom. The first-order valence-corrected chi connectivity index (χ1v) is 5.35. The minimum absolute atomic E-state index is 0.374. The standard InChI is InChI=1S/C12H17NO3/c14-9-11(12(15)16)13-8-4-7-10-5-2-1-3-6-10/h1-3,5-6,11,13-14H,4,7-9H2,(H,15,16)/t11-/m0/s1. The molecule has 4 nitrogen and oxygen atoms in total. The third kappa shape index (κ3) is 4.42. The molecular formula is C12H17NO3. The van der Waals surface area contributed by atoms with E-state index in [9.17, 15) is 4.79 Å². The van der Waals surface area contributed by atoms with Crippen LogP contribution in [-0.4, -0.2) is 35.4 Å². The van der Waals surface area contributed by atoms with E-state index in [0.717, 1.165) is 12.8 Å².